The van der Waals surface area contributed by atoms with Gasteiger partial charge in [0.2, 0.25) is 5.76 Å². The molecule has 0 saturated carbocycles. The lowest BCUT2D eigenvalue weighted by atomic mass is 9.90. The Morgan fingerprint density at radius 1 is 1.28 bits per heavy atom. The number of furan rings is 1. The number of rotatable bonds is 5. The number of benzene rings is 1. The van der Waals surface area contributed by atoms with Crippen LogP contribution in [0.3, 0.4) is 0 Å². The number of amides is 1. The maximum absolute atomic E-state index is 12.4. The Morgan fingerprint density at radius 3 is 2.48 bits per heavy atom. The number of para-hydroxylation sites is 1. The van der Waals surface area contributed by atoms with Crippen LogP contribution in [0, 0.1) is 24.2 Å². The summed E-state index contributed by atoms with van der Waals surface area (Å²) < 4.78 is 10.8. The van der Waals surface area contributed by atoms with Gasteiger partial charge in [-0.2, -0.15) is 5.26 Å². The number of fused-ring (bicyclic) bond motifs is 1. The van der Waals surface area contributed by atoms with Gasteiger partial charge >= 0.3 is 5.97 Å². The molecule has 1 heterocycles. The minimum absolute atomic E-state index is 0.0766. The Labute approximate surface area is 146 Å². The standard InChI is InChI=1S/C19H22N2O4/c1-11(2)19(5,10-20)21-17(22)13(4)24-18(23)16-12(3)14-8-6-7-9-15(14)25-16/h6-9,11,13H,1-5H3,(H,21,22)/t13-,19-/m0/s1. The molecule has 1 amide bonds. The molecule has 0 bridgehead atoms. The minimum Gasteiger partial charge on any atom is -0.449 e. The van der Waals surface area contributed by atoms with Gasteiger partial charge in [0.05, 0.1) is 6.07 Å². The van der Waals surface area contributed by atoms with Crippen LogP contribution in [0.4, 0.5) is 0 Å². The van der Waals surface area contributed by atoms with Crippen molar-refractivity contribution < 1.29 is 18.7 Å². The molecule has 0 fully saturated rings. The van der Waals surface area contributed by atoms with Gasteiger partial charge in [-0.15, -0.1) is 0 Å². The van der Waals surface area contributed by atoms with Gasteiger partial charge in [0.1, 0.15) is 11.1 Å². The maximum atomic E-state index is 12.4. The van der Waals surface area contributed by atoms with Gasteiger partial charge in [-0.05, 0) is 32.8 Å². The quantitative estimate of drug-likeness (QED) is 0.841. The highest BCUT2D eigenvalue weighted by Crippen LogP contribution is 2.25. The SMILES string of the molecule is Cc1c(C(=O)O[C@@H](C)C(=O)N[C@@](C)(C#N)C(C)C)oc2ccccc12. The summed E-state index contributed by atoms with van der Waals surface area (Å²) >= 11 is 0. The molecular formula is C19H22N2O4. The van der Waals surface area contributed by atoms with Crippen molar-refractivity contribution in [2.24, 2.45) is 5.92 Å². The molecule has 2 rings (SSSR count). The first-order chi connectivity index (χ1) is 11.7. The van der Waals surface area contributed by atoms with Gasteiger partial charge in [-0.3, -0.25) is 4.79 Å². The second-order valence-corrected chi connectivity index (χ2v) is 6.56. The minimum atomic E-state index is -1.05. The summed E-state index contributed by atoms with van der Waals surface area (Å²) in [5.41, 5.74) is 0.214. The van der Waals surface area contributed by atoms with Gasteiger partial charge < -0.3 is 14.5 Å². The molecule has 1 aromatic heterocycles. The molecular weight excluding hydrogens is 320 g/mol. The van der Waals surface area contributed by atoms with E-state index in [4.69, 9.17) is 9.15 Å². The number of carbonyl (C=O) groups excluding carboxylic acids is 2. The van der Waals surface area contributed by atoms with Crippen molar-refractivity contribution in [1.82, 2.24) is 5.32 Å². The van der Waals surface area contributed by atoms with E-state index in [1.165, 1.54) is 6.92 Å². The van der Waals surface area contributed by atoms with Gasteiger partial charge in [-0.1, -0.05) is 32.0 Å². The Bertz CT molecular complexity index is 847. The fourth-order valence-electron chi connectivity index (χ4n) is 2.30. The highest BCUT2D eigenvalue weighted by Gasteiger charge is 2.33. The van der Waals surface area contributed by atoms with E-state index in [0.29, 0.717) is 11.1 Å². The summed E-state index contributed by atoms with van der Waals surface area (Å²) in [6, 6.07) is 9.36. The lowest BCUT2D eigenvalue weighted by Gasteiger charge is -2.28. The van der Waals surface area contributed by atoms with E-state index >= 15 is 0 Å². The average Bonchev–Trinajstić information content (AvgIpc) is 2.91. The Kier molecular flexibility index (Phi) is 5.17. The summed E-state index contributed by atoms with van der Waals surface area (Å²) in [7, 11) is 0. The molecule has 0 unspecified atom stereocenters. The number of esters is 1. The molecule has 132 valence electrons. The van der Waals surface area contributed by atoms with Crippen molar-refractivity contribution >= 4 is 22.8 Å². The predicted octanol–water partition coefficient (Wildman–Crippen LogP) is 3.34. The third-order valence-electron chi connectivity index (χ3n) is 4.45. The van der Waals surface area contributed by atoms with Crippen LogP contribution in [0.2, 0.25) is 0 Å². The lowest BCUT2D eigenvalue weighted by molar-refractivity contribution is -0.130. The zero-order chi connectivity index (χ0) is 18.8. The molecule has 1 N–H and O–H groups in total. The van der Waals surface area contributed by atoms with E-state index in [1.54, 1.807) is 19.9 Å². The molecule has 0 spiro atoms. The normalized spacial score (nSPS) is 14.6. The summed E-state index contributed by atoms with van der Waals surface area (Å²) in [5, 5.41) is 12.7. The van der Waals surface area contributed by atoms with Crippen LogP contribution in [-0.4, -0.2) is 23.5 Å². The third kappa shape index (κ3) is 3.66. The van der Waals surface area contributed by atoms with E-state index in [1.807, 2.05) is 32.0 Å². The van der Waals surface area contributed by atoms with Crippen LogP contribution in [0.5, 0.6) is 0 Å². The summed E-state index contributed by atoms with van der Waals surface area (Å²) in [6.45, 7) is 8.52. The van der Waals surface area contributed by atoms with Crippen molar-refractivity contribution in [3.8, 4) is 6.07 Å². The lowest BCUT2D eigenvalue weighted by Crippen LogP contribution is -2.52. The fraction of sp³-hybridized carbons (Fsp3) is 0.421. The Balaban J connectivity index is 2.13. The number of carbonyl (C=O) groups is 2. The molecule has 2 aromatic rings. The van der Waals surface area contributed by atoms with Crippen LogP contribution in [-0.2, 0) is 9.53 Å². The second kappa shape index (κ2) is 6.98. The summed E-state index contributed by atoms with van der Waals surface area (Å²) in [6.07, 6.45) is -1.05. The van der Waals surface area contributed by atoms with Crippen molar-refractivity contribution in [3.63, 3.8) is 0 Å². The number of ether oxygens (including phenoxy) is 1. The first-order valence-electron chi connectivity index (χ1n) is 8.12. The number of hydrogen-bond donors (Lipinski definition) is 1. The van der Waals surface area contributed by atoms with Gasteiger partial charge in [0.25, 0.3) is 5.91 Å². The molecule has 25 heavy (non-hydrogen) atoms. The maximum Gasteiger partial charge on any atom is 0.375 e. The van der Waals surface area contributed by atoms with Gasteiger partial charge in [0.15, 0.2) is 6.10 Å². The number of nitrogens with one attached hydrogen (secondary N) is 1. The average molecular weight is 342 g/mol. The predicted molar refractivity (Wildman–Crippen MR) is 92.8 cm³/mol. The van der Waals surface area contributed by atoms with E-state index in [-0.39, 0.29) is 11.7 Å². The molecule has 6 nitrogen and oxygen atoms in total. The van der Waals surface area contributed by atoms with E-state index in [2.05, 4.69) is 11.4 Å². The molecule has 2 atom stereocenters. The van der Waals surface area contributed by atoms with E-state index < -0.39 is 23.5 Å². The molecule has 0 aliphatic carbocycles. The largest absolute Gasteiger partial charge is 0.449 e. The molecule has 0 aliphatic heterocycles. The number of nitriles is 1. The van der Waals surface area contributed by atoms with Crippen LogP contribution >= 0.6 is 0 Å². The van der Waals surface area contributed by atoms with Gasteiger partial charge in [0, 0.05) is 10.9 Å². The van der Waals surface area contributed by atoms with Crippen molar-refractivity contribution in [2.45, 2.75) is 46.3 Å². The molecule has 0 saturated heterocycles. The summed E-state index contributed by atoms with van der Waals surface area (Å²) in [4.78, 5) is 24.6. The zero-order valence-electron chi connectivity index (χ0n) is 15.0. The fourth-order valence-corrected chi connectivity index (χ4v) is 2.30. The van der Waals surface area contributed by atoms with Gasteiger partial charge in [-0.25, -0.2) is 4.79 Å². The van der Waals surface area contributed by atoms with Crippen LogP contribution in [0.1, 0.15) is 43.8 Å². The highest BCUT2D eigenvalue weighted by molar-refractivity contribution is 5.97. The summed E-state index contributed by atoms with van der Waals surface area (Å²) in [5.74, 6) is -1.26. The van der Waals surface area contributed by atoms with Crippen molar-refractivity contribution in [2.75, 3.05) is 0 Å². The molecule has 6 heteroatoms. The monoisotopic (exact) mass is 342 g/mol. The van der Waals surface area contributed by atoms with Crippen LogP contribution in [0.25, 0.3) is 11.0 Å². The zero-order valence-corrected chi connectivity index (χ0v) is 15.0. The Morgan fingerprint density at radius 2 is 1.92 bits per heavy atom. The third-order valence-corrected chi connectivity index (χ3v) is 4.45. The number of nitrogens with zero attached hydrogens (tertiary/aromatic N) is 1. The van der Waals surface area contributed by atoms with Crippen LogP contribution in [0.15, 0.2) is 28.7 Å². The highest BCUT2D eigenvalue weighted by atomic mass is 16.6. The van der Waals surface area contributed by atoms with E-state index in [9.17, 15) is 14.9 Å². The number of hydrogen-bond acceptors (Lipinski definition) is 5. The van der Waals surface area contributed by atoms with Crippen LogP contribution < -0.4 is 5.32 Å². The van der Waals surface area contributed by atoms with Crippen molar-refractivity contribution in [3.05, 3.63) is 35.6 Å². The van der Waals surface area contributed by atoms with Crippen molar-refractivity contribution in [1.29, 1.82) is 5.26 Å². The second-order valence-electron chi connectivity index (χ2n) is 6.56. The van der Waals surface area contributed by atoms with E-state index in [0.717, 1.165) is 5.39 Å². The Hall–Kier alpha value is -2.81. The first-order valence-corrected chi connectivity index (χ1v) is 8.12. The molecule has 1 aromatic carbocycles. The topological polar surface area (TPSA) is 92.3 Å². The molecule has 0 aliphatic rings. The smallest absolute Gasteiger partial charge is 0.375 e. The number of aryl methyl sites for hydroxylation is 1. The first kappa shape index (κ1) is 18.5. The molecule has 0 radical (unpaired) electrons.